The predicted molar refractivity (Wildman–Crippen MR) is 132 cm³/mol. The van der Waals surface area contributed by atoms with Gasteiger partial charge in [-0.1, -0.05) is 66.7 Å². The van der Waals surface area contributed by atoms with Crippen LogP contribution < -0.4 is 10.2 Å². The second kappa shape index (κ2) is 10.2. The maximum atomic E-state index is 13.2. The molecule has 3 aromatic rings. The molecule has 2 aliphatic heterocycles. The van der Waals surface area contributed by atoms with Gasteiger partial charge < -0.3 is 15.1 Å². The number of hydrogen-bond donors (Lipinski definition) is 1. The quantitative estimate of drug-likeness (QED) is 0.642. The fourth-order valence-electron chi connectivity index (χ4n) is 5.03. The Kier molecular flexibility index (Phi) is 6.68. The van der Waals surface area contributed by atoms with Crippen LogP contribution in [0.5, 0.6) is 0 Å². The number of pyridine rings is 1. The van der Waals surface area contributed by atoms with Crippen LogP contribution in [0.15, 0.2) is 78.9 Å². The largest absolute Gasteiger partial charge is 0.353 e. The number of anilines is 1. The Morgan fingerprint density at radius 2 is 1.61 bits per heavy atom. The molecule has 2 aromatic carbocycles. The van der Waals surface area contributed by atoms with E-state index >= 15 is 0 Å². The molecular formula is C28H32N4O. The van der Waals surface area contributed by atoms with Crippen LogP contribution in [0.1, 0.15) is 40.5 Å². The van der Waals surface area contributed by atoms with Gasteiger partial charge in [-0.2, -0.15) is 0 Å². The average molecular weight is 441 g/mol. The molecule has 1 unspecified atom stereocenters. The molecule has 0 saturated carbocycles. The van der Waals surface area contributed by atoms with E-state index in [4.69, 9.17) is 4.98 Å². The maximum absolute atomic E-state index is 13.2. The first-order valence-electron chi connectivity index (χ1n) is 12.1. The first-order chi connectivity index (χ1) is 16.3. The molecule has 0 aliphatic carbocycles. The lowest BCUT2D eigenvalue weighted by molar-refractivity contribution is 0.0684. The molecule has 5 rings (SSSR count). The lowest BCUT2D eigenvalue weighted by Crippen LogP contribution is -2.46. The third-order valence-corrected chi connectivity index (χ3v) is 6.92. The van der Waals surface area contributed by atoms with Gasteiger partial charge in [-0.3, -0.25) is 4.79 Å². The van der Waals surface area contributed by atoms with Crippen molar-refractivity contribution in [1.29, 1.82) is 0 Å². The Bertz CT molecular complexity index is 1050. The monoisotopic (exact) mass is 440 g/mol. The number of amides is 1. The number of hydrogen-bond acceptors (Lipinski definition) is 4. The van der Waals surface area contributed by atoms with Crippen LogP contribution in [0.2, 0.25) is 0 Å². The molecule has 2 fully saturated rings. The van der Waals surface area contributed by atoms with Crippen LogP contribution in [-0.2, 0) is 6.42 Å². The molecule has 33 heavy (non-hydrogen) atoms. The van der Waals surface area contributed by atoms with Gasteiger partial charge in [0.1, 0.15) is 11.5 Å². The Morgan fingerprint density at radius 1 is 0.879 bits per heavy atom. The Hall–Kier alpha value is -3.18. The minimum absolute atomic E-state index is 0.0600. The summed E-state index contributed by atoms with van der Waals surface area (Å²) in [7, 11) is 0. The van der Waals surface area contributed by atoms with Crippen molar-refractivity contribution in [3.05, 3.63) is 95.7 Å². The standard InChI is InChI=1S/C28H32N4O/c33-28(31-17-14-23(15-18-31)20-22-8-3-1-4-9-22)25-12-7-13-27(30-25)32-19-16-29-26(21-32)24-10-5-2-6-11-24/h1-13,23,26,29H,14-21H2. The summed E-state index contributed by atoms with van der Waals surface area (Å²) in [5.74, 6) is 1.60. The van der Waals surface area contributed by atoms with Crippen LogP contribution in [-0.4, -0.2) is 48.5 Å². The average Bonchev–Trinajstić information content (AvgIpc) is 2.90. The van der Waals surface area contributed by atoms with E-state index in [0.717, 1.165) is 57.8 Å². The molecule has 3 heterocycles. The zero-order valence-corrected chi connectivity index (χ0v) is 19.1. The number of nitrogens with zero attached hydrogens (tertiary/aromatic N) is 3. The summed E-state index contributed by atoms with van der Waals surface area (Å²) in [5.41, 5.74) is 3.23. The van der Waals surface area contributed by atoms with Gasteiger partial charge in [-0.05, 0) is 48.4 Å². The van der Waals surface area contributed by atoms with Crippen molar-refractivity contribution in [1.82, 2.24) is 15.2 Å². The molecule has 0 spiro atoms. The molecule has 1 aromatic heterocycles. The van der Waals surface area contributed by atoms with Gasteiger partial charge in [0.15, 0.2) is 0 Å². The number of nitrogens with one attached hydrogen (secondary N) is 1. The van der Waals surface area contributed by atoms with Gasteiger partial charge in [0, 0.05) is 38.8 Å². The van der Waals surface area contributed by atoms with Crippen molar-refractivity contribution in [3.8, 4) is 0 Å². The van der Waals surface area contributed by atoms with Crippen LogP contribution >= 0.6 is 0 Å². The summed E-state index contributed by atoms with van der Waals surface area (Å²) in [4.78, 5) is 22.3. The predicted octanol–water partition coefficient (Wildman–Crippen LogP) is 4.33. The summed E-state index contributed by atoms with van der Waals surface area (Å²) in [6.45, 7) is 4.25. The number of carbonyl (C=O) groups is 1. The lowest BCUT2D eigenvalue weighted by Gasteiger charge is -2.35. The van der Waals surface area contributed by atoms with E-state index in [1.807, 2.05) is 29.2 Å². The van der Waals surface area contributed by atoms with Crippen LogP contribution in [0.25, 0.3) is 0 Å². The number of piperidine rings is 1. The van der Waals surface area contributed by atoms with Crippen LogP contribution in [0, 0.1) is 5.92 Å². The van der Waals surface area contributed by atoms with Crippen molar-refractivity contribution in [3.63, 3.8) is 0 Å². The summed E-state index contributed by atoms with van der Waals surface area (Å²) in [6, 6.07) is 27.3. The summed E-state index contributed by atoms with van der Waals surface area (Å²) in [6.07, 6.45) is 3.20. The van der Waals surface area contributed by atoms with E-state index < -0.39 is 0 Å². The normalized spacial score (nSPS) is 19.5. The summed E-state index contributed by atoms with van der Waals surface area (Å²) >= 11 is 0. The summed E-state index contributed by atoms with van der Waals surface area (Å²) < 4.78 is 0. The number of piperazine rings is 1. The van der Waals surface area contributed by atoms with Crippen LogP contribution in [0.3, 0.4) is 0 Å². The SMILES string of the molecule is O=C(c1cccc(N2CCNC(c3ccccc3)C2)n1)N1CCC(Cc2ccccc2)CC1. The number of benzene rings is 2. The molecule has 5 nitrogen and oxygen atoms in total. The molecule has 5 heteroatoms. The third-order valence-electron chi connectivity index (χ3n) is 6.92. The molecule has 0 bridgehead atoms. The molecule has 1 atom stereocenters. The second-order valence-electron chi connectivity index (χ2n) is 9.17. The second-order valence-corrected chi connectivity index (χ2v) is 9.17. The fraction of sp³-hybridized carbons (Fsp3) is 0.357. The van der Waals surface area contributed by atoms with Crippen molar-refractivity contribution in [2.75, 3.05) is 37.6 Å². The van der Waals surface area contributed by atoms with E-state index in [-0.39, 0.29) is 11.9 Å². The number of likely N-dealkylation sites (tertiary alicyclic amines) is 1. The van der Waals surface area contributed by atoms with E-state index in [9.17, 15) is 4.79 Å². The van der Waals surface area contributed by atoms with E-state index in [0.29, 0.717) is 11.6 Å². The van der Waals surface area contributed by atoms with Crippen molar-refractivity contribution in [2.45, 2.75) is 25.3 Å². The van der Waals surface area contributed by atoms with Gasteiger partial charge in [-0.25, -0.2) is 4.98 Å². The zero-order chi connectivity index (χ0) is 22.5. The highest BCUT2D eigenvalue weighted by Crippen LogP contribution is 2.24. The minimum Gasteiger partial charge on any atom is -0.353 e. The van der Waals surface area contributed by atoms with Gasteiger partial charge in [0.05, 0.1) is 0 Å². The molecule has 2 saturated heterocycles. The number of rotatable bonds is 5. The summed E-state index contributed by atoms with van der Waals surface area (Å²) in [5, 5.41) is 3.60. The maximum Gasteiger partial charge on any atom is 0.272 e. The molecule has 2 aliphatic rings. The van der Waals surface area contributed by atoms with E-state index in [1.54, 1.807) is 0 Å². The Labute approximate surface area is 196 Å². The van der Waals surface area contributed by atoms with Gasteiger partial charge in [-0.15, -0.1) is 0 Å². The first kappa shape index (κ1) is 21.7. The van der Waals surface area contributed by atoms with Gasteiger partial charge >= 0.3 is 0 Å². The van der Waals surface area contributed by atoms with E-state index in [1.165, 1.54) is 11.1 Å². The Balaban J connectivity index is 1.21. The van der Waals surface area contributed by atoms with Gasteiger partial charge in [0.2, 0.25) is 0 Å². The molecule has 1 amide bonds. The highest BCUT2D eigenvalue weighted by Gasteiger charge is 2.26. The molecule has 170 valence electrons. The smallest absolute Gasteiger partial charge is 0.272 e. The Morgan fingerprint density at radius 3 is 2.36 bits per heavy atom. The fourth-order valence-corrected chi connectivity index (χ4v) is 5.03. The zero-order valence-electron chi connectivity index (χ0n) is 19.1. The topological polar surface area (TPSA) is 48.5 Å². The molecular weight excluding hydrogens is 408 g/mol. The molecule has 1 N–H and O–H groups in total. The van der Waals surface area contributed by atoms with Crippen molar-refractivity contribution in [2.24, 2.45) is 5.92 Å². The first-order valence-corrected chi connectivity index (χ1v) is 12.1. The highest BCUT2D eigenvalue weighted by atomic mass is 16.2. The van der Waals surface area contributed by atoms with Crippen molar-refractivity contribution >= 4 is 11.7 Å². The number of aromatic nitrogens is 1. The number of carbonyl (C=O) groups excluding carboxylic acids is 1. The highest BCUT2D eigenvalue weighted by molar-refractivity contribution is 5.92. The lowest BCUT2D eigenvalue weighted by atomic mass is 9.90. The van der Waals surface area contributed by atoms with Gasteiger partial charge in [0.25, 0.3) is 5.91 Å². The van der Waals surface area contributed by atoms with Crippen molar-refractivity contribution < 1.29 is 4.79 Å². The van der Waals surface area contributed by atoms with Crippen LogP contribution in [0.4, 0.5) is 5.82 Å². The van der Waals surface area contributed by atoms with E-state index in [2.05, 4.69) is 64.8 Å². The molecule has 0 radical (unpaired) electrons. The minimum atomic E-state index is 0.0600. The third kappa shape index (κ3) is 5.25.